The summed E-state index contributed by atoms with van der Waals surface area (Å²) in [6.45, 7) is 1.65. The molecule has 2 aromatic rings. The van der Waals surface area contributed by atoms with Crippen molar-refractivity contribution in [2.45, 2.75) is 13.0 Å². The fourth-order valence-electron chi connectivity index (χ4n) is 2.22. The van der Waals surface area contributed by atoms with E-state index in [4.69, 9.17) is 4.74 Å². The van der Waals surface area contributed by atoms with Gasteiger partial charge in [-0.3, -0.25) is 0 Å². The first-order chi connectivity index (χ1) is 11.4. The minimum atomic E-state index is -1.00. The van der Waals surface area contributed by atoms with Gasteiger partial charge in [0.15, 0.2) is 11.1 Å². The number of halogens is 2. The molecule has 24 heavy (non-hydrogen) atoms. The topological polar surface area (TPSA) is 72.7 Å². The number of carbonyl (C=O) groups is 1. The summed E-state index contributed by atoms with van der Waals surface area (Å²) in [6.07, 6.45) is -1.00. The van der Waals surface area contributed by atoms with E-state index in [-0.39, 0.29) is 6.61 Å². The Morgan fingerprint density at radius 3 is 1.83 bits per heavy atom. The zero-order valence-corrected chi connectivity index (χ0v) is 15.9. The highest BCUT2D eigenvalue weighted by atomic mass is 79.9. The van der Waals surface area contributed by atoms with E-state index in [1.165, 1.54) is 0 Å². The molecule has 0 fully saturated rings. The molecule has 0 aliphatic rings. The van der Waals surface area contributed by atoms with Crippen LogP contribution >= 0.6 is 31.9 Å². The van der Waals surface area contributed by atoms with E-state index in [2.05, 4.69) is 31.9 Å². The Morgan fingerprint density at radius 2 is 1.50 bits per heavy atom. The van der Waals surface area contributed by atoms with Gasteiger partial charge < -0.3 is 4.74 Å². The lowest BCUT2D eigenvalue weighted by atomic mass is 9.98. The number of hydrazine groups is 1. The Morgan fingerprint density at radius 1 is 1.08 bits per heavy atom. The van der Waals surface area contributed by atoms with Crippen LogP contribution in [-0.2, 0) is 4.74 Å². The molecule has 0 unspecified atom stereocenters. The SMILES string of the molecule is CCOC(=O)N(C(c1ccc(Br)cc1)c1ccc(Br)cc1)[N+](=O)[O-]. The fraction of sp³-hybridized carbons (Fsp3) is 0.188. The van der Waals surface area contributed by atoms with E-state index in [1.54, 1.807) is 55.5 Å². The van der Waals surface area contributed by atoms with Gasteiger partial charge in [0.25, 0.3) is 0 Å². The van der Waals surface area contributed by atoms with Gasteiger partial charge in [-0.1, -0.05) is 56.1 Å². The number of hydrogen-bond donors (Lipinski definition) is 0. The molecule has 0 N–H and O–H groups in total. The standard InChI is InChI=1S/C16H14Br2N2O4/c1-2-24-16(21)19(20(22)23)15(11-3-7-13(17)8-4-11)12-5-9-14(18)10-6-12/h3-10,15H,2H2,1H3. The first-order valence-corrected chi connectivity index (χ1v) is 8.64. The van der Waals surface area contributed by atoms with Crippen molar-refractivity contribution in [1.82, 2.24) is 5.01 Å². The van der Waals surface area contributed by atoms with Crippen LogP contribution in [0.1, 0.15) is 24.1 Å². The molecule has 1 amide bonds. The van der Waals surface area contributed by atoms with Crippen molar-refractivity contribution in [1.29, 1.82) is 0 Å². The summed E-state index contributed by atoms with van der Waals surface area (Å²) in [6, 6.07) is 13.1. The lowest BCUT2D eigenvalue weighted by molar-refractivity contribution is -0.643. The molecule has 0 saturated carbocycles. The minimum Gasteiger partial charge on any atom is -0.446 e. The van der Waals surface area contributed by atoms with Crippen LogP contribution in [-0.4, -0.2) is 22.7 Å². The highest BCUT2D eigenvalue weighted by Crippen LogP contribution is 2.31. The minimum absolute atomic E-state index is 0.0522. The van der Waals surface area contributed by atoms with Gasteiger partial charge in [0.1, 0.15) is 0 Å². The highest BCUT2D eigenvalue weighted by molar-refractivity contribution is 9.10. The molecule has 0 atom stereocenters. The maximum atomic E-state index is 12.2. The number of benzene rings is 2. The van der Waals surface area contributed by atoms with Crippen molar-refractivity contribution in [2.75, 3.05) is 6.61 Å². The van der Waals surface area contributed by atoms with Crippen LogP contribution in [0, 0.1) is 10.1 Å². The van der Waals surface area contributed by atoms with Crippen molar-refractivity contribution in [3.8, 4) is 0 Å². The van der Waals surface area contributed by atoms with E-state index in [1.807, 2.05) is 0 Å². The van der Waals surface area contributed by atoms with Crippen LogP contribution in [0.25, 0.3) is 0 Å². The van der Waals surface area contributed by atoms with Crippen LogP contribution in [0.3, 0.4) is 0 Å². The molecule has 2 aromatic carbocycles. The maximum Gasteiger partial charge on any atom is 0.469 e. The number of hydrogen-bond acceptors (Lipinski definition) is 4. The second-order valence-corrected chi connectivity index (χ2v) is 6.62. The van der Waals surface area contributed by atoms with E-state index >= 15 is 0 Å². The van der Waals surface area contributed by atoms with Crippen LogP contribution < -0.4 is 0 Å². The van der Waals surface area contributed by atoms with Gasteiger partial charge in [0.05, 0.1) is 6.61 Å². The molecule has 0 bridgehead atoms. The Balaban J connectivity index is 2.55. The number of ether oxygens (including phenoxy) is 1. The average molecular weight is 458 g/mol. The van der Waals surface area contributed by atoms with E-state index in [9.17, 15) is 14.9 Å². The summed E-state index contributed by atoms with van der Waals surface area (Å²) in [5.74, 6) is 0. The van der Waals surface area contributed by atoms with Crippen molar-refractivity contribution < 1.29 is 14.6 Å². The third-order valence-corrected chi connectivity index (χ3v) is 4.30. The van der Waals surface area contributed by atoms with Gasteiger partial charge >= 0.3 is 6.09 Å². The summed E-state index contributed by atoms with van der Waals surface area (Å²) in [4.78, 5) is 23.7. The van der Waals surface area contributed by atoms with Gasteiger partial charge in [0, 0.05) is 8.95 Å². The predicted molar refractivity (Wildman–Crippen MR) is 96.0 cm³/mol. The molecule has 0 aromatic heterocycles. The quantitative estimate of drug-likeness (QED) is 0.470. The molecule has 8 heteroatoms. The molecule has 2 rings (SSSR count). The fourth-order valence-corrected chi connectivity index (χ4v) is 2.75. The molecule has 6 nitrogen and oxygen atoms in total. The molecule has 0 radical (unpaired) electrons. The van der Waals surface area contributed by atoms with Gasteiger partial charge in [-0.05, 0) is 47.3 Å². The van der Waals surface area contributed by atoms with Crippen LogP contribution in [0.4, 0.5) is 4.79 Å². The maximum absolute atomic E-state index is 12.2. The summed E-state index contributed by atoms with van der Waals surface area (Å²) in [5.41, 5.74) is 1.20. The van der Waals surface area contributed by atoms with Crippen molar-refractivity contribution in [3.05, 3.63) is 78.7 Å². The summed E-state index contributed by atoms with van der Waals surface area (Å²) in [7, 11) is 0. The average Bonchev–Trinajstić information content (AvgIpc) is 2.54. The number of carbonyl (C=O) groups excluding carboxylic acids is 1. The third kappa shape index (κ3) is 4.33. The zero-order chi connectivity index (χ0) is 17.7. The predicted octanol–water partition coefficient (Wildman–Crippen LogP) is 4.95. The third-order valence-electron chi connectivity index (χ3n) is 3.25. The van der Waals surface area contributed by atoms with Gasteiger partial charge in [-0.25, -0.2) is 14.9 Å². The molecule has 0 saturated heterocycles. The monoisotopic (exact) mass is 456 g/mol. The molecule has 0 spiro atoms. The number of amides is 1. The van der Waals surface area contributed by atoms with E-state index in [0.29, 0.717) is 16.1 Å². The smallest absolute Gasteiger partial charge is 0.446 e. The summed E-state index contributed by atoms with van der Waals surface area (Å²) in [5, 5.41) is 11.3. The molecular formula is C16H14Br2N2O4. The lowest BCUT2D eigenvalue weighted by Gasteiger charge is -2.23. The Labute approximate surface area is 155 Å². The first-order valence-electron chi connectivity index (χ1n) is 7.05. The number of nitrogens with zero attached hydrogens (tertiary/aromatic N) is 2. The van der Waals surface area contributed by atoms with Crippen molar-refractivity contribution in [3.63, 3.8) is 0 Å². The highest BCUT2D eigenvalue weighted by Gasteiger charge is 2.37. The van der Waals surface area contributed by atoms with Crippen molar-refractivity contribution in [2.24, 2.45) is 0 Å². The van der Waals surface area contributed by atoms with Crippen LogP contribution in [0.5, 0.6) is 0 Å². The summed E-state index contributed by atoms with van der Waals surface area (Å²) < 4.78 is 6.54. The zero-order valence-electron chi connectivity index (χ0n) is 12.7. The Kier molecular flexibility index (Phi) is 6.33. The van der Waals surface area contributed by atoms with Gasteiger partial charge in [-0.2, -0.15) is 0 Å². The Hall–Kier alpha value is -1.93. The molecule has 0 aliphatic carbocycles. The first kappa shape index (κ1) is 18.4. The second-order valence-electron chi connectivity index (χ2n) is 4.79. The molecule has 0 aliphatic heterocycles. The molecule has 126 valence electrons. The van der Waals surface area contributed by atoms with E-state index < -0.39 is 17.2 Å². The number of nitro groups is 1. The molecule has 0 heterocycles. The van der Waals surface area contributed by atoms with Crippen molar-refractivity contribution >= 4 is 38.0 Å². The summed E-state index contributed by atoms with van der Waals surface area (Å²) >= 11 is 6.67. The van der Waals surface area contributed by atoms with Crippen LogP contribution in [0.2, 0.25) is 0 Å². The van der Waals surface area contributed by atoms with Gasteiger partial charge in [-0.15, -0.1) is 0 Å². The number of rotatable bonds is 5. The molecular weight excluding hydrogens is 444 g/mol. The second kappa shape index (κ2) is 8.25. The Bertz CT molecular complexity index is 674. The normalized spacial score (nSPS) is 10.5. The van der Waals surface area contributed by atoms with E-state index in [0.717, 1.165) is 8.95 Å². The largest absolute Gasteiger partial charge is 0.469 e. The van der Waals surface area contributed by atoms with Crippen LogP contribution in [0.15, 0.2) is 57.5 Å². The van der Waals surface area contributed by atoms with Gasteiger partial charge in [0.2, 0.25) is 0 Å². The lowest BCUT2D eigenvalue weighted by Crippen LogP contribution is -2.40.